The molecule has 190 valence electrons. The summed E-state index contributed by atoms with van der Waals surface area (Å²) in [6.45, 7) is 9.03. The number of hydrogen-bond acceptors (Lipinski definition) is 0. The van der Waals surface area contributed by atoms with Gasteiger partial charge in [-0.2, -0.15) is 34.4 Å². The molecule has 0 fully saturated rings. The van der Waals surface area contributed by atoms with E-state index in [1.165, 1.54) is 69.8 Å². The van der Waals surface area contributed by atoms with Crippen molar-refractivity contribution in [1.29, 1.82) is 0 Å². The van der Waals surface area contributed by atoms with Crippen molar-refractivity contribution in [3.8, 4) is 0 Å². The Hall–Kier alpha value is -1.40. The van der Waals surface area contributed by atoms with Crippen molar-refractivity contribution in [3.05, 3.63) is 124 Å². The molecular formula is C33H38Cl2Zr-2. The van der Waals surface area contributed by atoms with Gasteiger partial charge in [0.25, 0.3) is 0 Å². The fourth-order valence-electron chi connectivity index (χ4n) is 4.53. The summed E-state index contributed by atoms with van der Waals surface area (Å²) < 4.78 is 1.42. The first-order valence-electron chi connectivity index (χ1n) is 12.7. The van der Waals surface area contributed by atoms with E-state index in [1.54, 1.807) is 16.7 Å². The normalized spacial score (nSPS) is 13.6. The maximum Gasteiger partial charge on any atom is -0.0512 e. The number of benzene rings is 2. The first-order chi connectivity index (χ1) is 16.5. The minimum atomic E-state index is 0. The molecule has 0 saturated carbocycles. The summed E-state index contributed by atoms with van der Waals surface area (Å²) in [5.41, 5.74) is 8.95. The second kappa shape index (κ2) is 17.2. The Morgan fingerprint density at radius 2 is 1.33 bits per heavy atom. The van der Waals surface area contributed by atoms with Crippen molar-refractivity contribution in [3.63, 3.8) is 0 Å². The molecule has 0 amide bonds. The Bertz CT molecular complexity index is 1030. The molecule has 0 nitrogen and oxygen atoms in total. The summed E-state index contributed by atoms with van der Waals surface area (Å²) in [6, 6.07) is 27.8. The monoisotopic (exact) mass is 594 g/mol. The number of halogens is 2. The number of rotatable bonds is 4. The molecule has 0 heterocycles. The van der Waals surface area contributed by atoms with E-state index in [-0.39, 0.29) is 24.8 Å². The quantitative estimate of drug-likeness (QED) is 0.406. The standard InChI is InChI=1S/C13H10.C11H17.C9H11.2ClH.Zr/c1-3-7-12(8-4-1)11-13-9-5-2-6-10-13;1-8(2)10-6-5-7-11(10)9(3)4;1-2-5-9-7-3-6-8(9)4-1;;;/h1-10H;6,8-9H,7H2,1-4H3;3,6-7H,1-2,4-5H2;2*1H;/q;2*-1;;;+2/p-2. The minimum Gasteiger partial charge on any atom is -0.210 e. The van der Waals surface area contributed by atoms with Crippen LogP contribution in [0.3, 0.4) is 0 Å². The fourth-order valence-corrected chi connectivity index (χ4v) is 5.35. The number of allylic oxidation sites excluding steroid dienone is 4. The summed E-state index contributed by atoms with van der Waals surface area (Å²) in [6.07, 6.45) is 12.0. The van der Waals surface area contributed by atoms with E-state index in [0.717, 1.165) is 6.42 Å². The van der Waals surface area contributed by atoms with Crippen LogP contribution in [0.25, 0.3) is 0 Å². The average molecular weight is 597 g/mol. The van der Waals surface area contributed by atoms with Crippen molar-refractivity contribution >= 4 is 3.21 Å². The second-order valence-corrected chi connectivity index (χ2v) is 10.9. The van der Waals surface area contributed by atoms with Gasteiger partial charge in [-0.1, -0.05) is 59.3 Å². The number of aryl methyl sites for hydroxylation is 2. The summed E-state index contributed by atoms with van der Waals surface area (Å²) in [5.74, 6) is 1.36. The summed E-state index contributed by atoms with van der Waals surface area (Å²) in [4.78, 5) is 0. The zero-order chi connectivity index (χ0) is 24.3. The fraction of sp³-hybridized carbons (Fsp3) is 0.333. The smallest absolute Gasteiger partial charge is 0.0512 e. The third kappa shape index (κ3) is 9.81. The van der Waals surface area contributed by atoms with Crippen LogP contribution in [0.5, 0.6) is 0 Å². The largest absolute Gasteiger partial charge is 0.210 e. The van der Waals surface area contributed by atoms with Gasteiger partial charge >= 0.3 is 99.2 Å². The van der Waals surface area contributed by atoms with Gasteiger partial charge in [-0.25, -0.2) is 12.1 Å². The van der Waals surface area contributed by atoms with Crippen LogP contribution in [-0.4, -0.2) is 3.21 Å². The van der Waals surface area contributed by atoms with Gasteiger partial charge in [0.1, 0.15) is 0 Å². The molecule has 0 saturated heterocycles. The van der Waals surface area contributed by atoms with Gasteiger partial charge in [0.2, 0.25) is 0 Å². The van der Waals surface area contributed by atoms with Crippen LogP contribution in [0, 0.1) is 17.9 Å². The molecule has 0 aliphatic heterocycles. The van der Waals surface area contributed by atoms with Gasteiger partial charge < -0.3 is 24.8 Å². The zero-order valence-electron chi connectivity index (χ0n) is 22.0. The molecule has 3 aromatic carbocycles. The zero-order valence-corrected chi connectivity index (χ0v) is 26.0. The Labute approximate surface area is 246 Å². The molecule has 36 heavy (non-hydrogen) atoms. The van der Waals surface area contributed by atoms with Crippen molar-refractivity contribution in [2.24, 2.45) is 11.8 Å². The van der Waals surface area contributed by atoms with Crippen LogP contribution >= 0.6 is 0 Å². The summed E-state index contributed by atoms with van der Waals surface area (Å²) in [5, 5.41) is 0. The third-order valence-corrected chi connectivity index (χ3v) is 7.93. The third-order valence-electron chi connectivity index (χ3n) is 6.51. The van der Waals surface area contributed by atoms with Crippen molar-refractivity contribution < 1.29 is 49.0 Å². The molecular weight excluding hydrogens is 558 g/mol. The molecule has 0 radical (unpaired) electrons. The Balaban J connectivity index is 0.000000269. The van der Waals surface area contributed by atoms with Gasteiger partial charge in [-0.05, 0) is 5.92 Å². The van der Waals surface area contributed by atoms with Gasteiger partial charge in [-0.3, -0.25) is 6.08 Å². The van der Waals surface area contributed by atoms with E-state index >= 15 is 0 Å². The van der Waals surface area contributed by atoms with E-state index in [4.69, 9.17) is 0 Å². The minimum absolute atomic E-state index is 0. The Kier molecular flexibility index (Phi) is 15.6. The first kappa shape index (κ1) is 32.6. The maximum atomic E-state index is 3.29. The van der Waals surface area contributed by atoms with Crippen molar-refractivity contribution in [2.75, 3.05) is 0 Å². The van der Waals surface area contributed by atoms with E-state index < -0.39 is 0 Å². The summed E-state index contributed by atoms with van der Waals surface area (Å²) >= 11 is 1.46. The van der Waals surface area contributed by atoms with E-state index in [1.807, 2.05) is 0 Å². The van der Waals surface area contributed by atoms with Gasteiger partial charge in [0.05, 0.1) is 0 Å². The molecule has 0 atom stereocenters. The molecule has 3 aromatic rings. The van der Waals surface area contributed by atoms with Crippen LogP contribution < -0.4 is 24.8 Å². The summed E-state index contributed by atoms with van der Waals surface area (Å²) in [7, 11) is 0. The molecule has 3 heteroatoms. The van der Waals surface area contributed by atoms with Crippen LogP contribution in [0.1, 0.15) is 69.2 Å². The van der Waals surface area contributed by atoms with Gasteiger partial charge in [0.15, 0.2) is 0 Å². The SMILES string of the molecule is CC(C)C1=C(C(C)C)C[C-]=C1.[Cl-].[Cl-].[Zr+2]=[C](c1ccccc1)c1ccccc1.c1cc2c([cH-]1)CCCC2. The number of fused-ring (bicyclic) bond motifs is 1. The molecule has 2 aliphatic rings. The van der Waals surface area contributed by atoms with E-state index in [2.05, 4.69) is 119 Å². The predicted octanol–water partition coefficient (Wildman–Crippen LogP) is 2.45. The van der Waals surface area contributed by atoms with Crippen LogP contribution in [0.2, 0.25) is 0 Å². The van der Waals surface area contributed by atoms with E-state index in [0.29, 0.717) is 11.8 Å². The molecule has 0 spiro atoms. The number of hydrogen-bond donors (Lipinski definition) is 0. The van der Waals surface area contributed by atoms with Gasteiger partial charge in [-0.15, -0.1) is 6.42 Å². The molecule has 0 aromatic heterocycles. The topological polar surface area (TPSA) is 0 Å². The van der Waals surface area contributed by atoms with E-state index in [9.17, 15) is 0 Å². The molecule has 0 unspecified atom stereocenters. The van der Waals surface area contributed by atoms with Crippen LogP contribution in [0.4, 0.5) is 0 Å². The van der Waals surface area contributed by atoms with Crippen LogP contribution in [0.15, 0.2) is 96.1 Å². The first-order valence-corrected chi connectivity index (χ1v) is 13.9. The predicted molar refractivity (Wildman–Crippen MR) is 144 cm³/mol. The molecule has 0 bridgehead atoms. The Morgan fingerprint density at radius 1 is 0.778 bits per heavy atom. The molecule has 5 rings (SSSR count). The Morgan fingerprint density at radius 3 is 1.81 bits per heavy atom. The van der Waals surface area contributed by atoms with Gasteiger partial charge in [0, 0.05) is 0 Å². The van der Waals surface area contributed by atoms with Crippen molar-refractivity contribution in [2.45, 2.75) is 59.8 Å². The second-order valence-electron chi connectivity index (χ2n) is 9.71. The van der Waals surface area contributed by atoms with Crippen LogP contribution in [-0.2, 0) is 37.1 Å². The maximum absolute atomic E-state index is 3.29. The molecule has 0 N–H and O–H groups in total. The molecule has 2 aliphatic carbocycles. The average Bonchev–Trinajstić information content (AvgIpc) is 3.56. The van der Waals surface area contributed by atoms with Crippen molar-refractivity contribution in [1.82, 2.24) is 0 Å².